The molecule has 0 amide bonds. The van der Waals surface area contributed by atoms with Crippen LogP contribution in [0.5, 0.6) is 0 Å². The number of rotatable bonds is 4. The van der Waals surface area contributed by atoms with Crippen LogP contribution in [-0.2, 0) is 23.9 Å². The number of hydrogen-bond donors (Lipinski definition) is 0. The molecule has 0 unspecified atom stereocenters. The van der Waals surface area contributed by atoms with Crippen molar-refractivity contribution in [3.8, 4) is 0 Å². The van der Waals surface area contributed by atoms with E-state index < -0.39 is 20.2 Å². The molecular formula is C14H18O5S2. The highest BCUT2D eigenvalue weighted by Gasteiger charge is 2.30. The van der Waals surface area contributed by atoms with E-state index in [1.807, 2.05) is 13.8 Å². The predicted molar refractivity (Wildman–Crippen MR) is 81.1 cm³/mol. The molecule has 2 aliphatic carbocycles. The molecule has 7 heteroatoms. The van der Waals surface area contributed by atoms with Gasteiger partial charge in [0.25, 0.3) is 0 Å². The van der Waals surface area contributed by atoms with Crippen LogP contribution in [0.3, 0.4) is 0 Å². The SMILES string of the molecule is CC1=CC=C(S(=O)(=O)OS(=O)(=O)C2=CC=C(C)CC2)CC1. The van der Waals surface area contributed by atoms with Crippen LogP contribution >= 0.6 is 0 Å². The molecule has 0 saturated carbocycles. The van der Waals surface area contributed by atoms with Crippen molar-refractivity contribution in [2.45, 2.75) is 39.5 Å². The minimum atomic E-state index is -4.26. The predicted octanol–water partition coefficient (Wildman–Crippen LogP) is 2.91. The van der Waals surface area contributed by atoms with Crippen molar-refractivity contribution < 1.29 is 20.5 Å². The van der Waals surface area contributed by atoms with Crippen LogP contribution in [0, 0.1) is 0 Å². The zero-order chi connectivity index (χ0) is 15.7. The van der Waals surface area contributed by atoms with E-state index in [0.717, 1.165) is 11.1 Å². The molecule has 0 fully saturated rings. The summed E-state index contributed by atoms with van der Waals surface area (Å²) in [6.45, 7) is 3.78. The van der Waals surface area contributed by atoms with E-state index in [4.69, 9.17) is 0 Å². The average Bonchev–Trinajstić information content (AvgIpc) is 2.38. The van der Waals surface area contributed by atoms with E-state index in [2.05, 4.69) is 3.63 Å². The van der Waals surface area contributed by atoms with Crippen molar-refractivity contribution in [2.75, 3.05) is 0 Å². The van der Waals surface area contributed by atoms with Crippen molar-refractivity contribution in [1.29, 1.82) is 0 Å². The molecule has 0 N–H and O–H groups in total. The molecular weight excluding hydrogens is 312 g/mol. The summed E-state index contributed by atoms with van der Waals surface area (Å²) in [6.07, 6.45) is 7.83. The van der Waals surface area contributed by atoms with Crippen molar-refractivity contribution in [3.05, 3.63) is 45.3 Å². The first-order valence-corrected chi connectivity index (χ1v) is 9.46. The molecule has 0 atom stereocenters. The Labute approximate surface area is 125 Å². The molecule has 21 heavy (non-hydrogen) atoms. The van der Waals surface area contributed by atoms with Crippen LogP contribution in [0.15, 0.2) is 45.3 Å². The zero-order valence-electron chi connectivity index (χ0n) is 12.0. The topological polar surface area (TPSA) is 77.5 Å². The standard InChI is InChI=1S/C14H18O5S2/c1-11-3-7-13(8-4-11)20(15,16)19-21(17,18)14-9-5-12(2)6-10-14/h3,5,7,9H,4,6,8,10H2,1-2H3. The summed E-state index contributed by atoms with van der Waals surface area (Å²) < 4.78 is 52.8. The van der Waals surface area contributed by atoms with Crippen molar-refractivity contribution in [1.82, 2.24) is 0 Å². The highest BCUT2D eigenvalue weighted by atomic mass is 32.3. The lowest BCUT2D eigenvalue weighted by Gasteiger charge is -2.15. The Hall–Kier alpha value is -1.18. The largest absolute Gasteiger partial charge is 0.307 e. The summed E-state index contributed by atoms with van der Waals surface area (Å²) in [4.78, 5) is -0.000357. The molecule has 2 aliphatic rings. The Balaban J connectivity index is 2.25. The van der Waals surface area contributed by atoms with Crippen LogP contribution in [0.2, 0.25) is 0 Å². The van der Waals surface area contributed by atoms with E-state index in [1.54, 1.807) is 12.2 Å². The van der Waals surface area contributed by atoms with Gasteiger partial charge < -0.3 is 0 Å². The van der Waals surface area contributed by atoms with Crippen LogP contribution in [-0.4, -0.2) is 16.8 Å². The maximum absolute atomic E-state index is 12.1. The Morgan fingerprint density at radius 1 is 0.714 bits per heavy atom. The molecule has 0 saturated heterocycles. The summed E-state index contributed by atoms with van der Waals surface area (Å²) in [5.41, 5.74) is 2.10. The smallest absolute Gasteiger partial charge is 0.193 e. The van der Waals surface area contributed by atoms with Crippen LogP contribution in [0.25, 0.3) is 0 Å². The Bertz CT molecular complexity index is 696. The highest BCUT2D eigenvalue weighted by molar-refractivity contribution is 8.03. The summed E-state index contributed by atoms with van der Waals surface area (Å²) in [5, 5.41) is 0. The molecule has 0 heterocycles. The number of hydrogen-bond acceptors (Lipinski definition) is 5. The molecule has 116 valence electrons. The van der Waals surface area contributed by atoms with E-state index in [0.29, 0.717) is 12.8 Å². The first kappa shape index (κ1) is 16.2. The first-order chi connectivity index (χ1) is 9.71. The molecule has 0 spiro atoms. The van der Waals surface area contributed by atoms with Gasteiger partial charge in [-0.2, -0.15) is 16.8 Å². The quantitative estimate of drug-likeness (QED) is 0.792. The first-order valence-electron chi connectivity index (χ1n) is 6.64. The second kappa shape index (κ2) is 5.90. The molecule has 0 bridgehead atoms. The molecule has 0 aromatic heterocycles. The molecule has 5 nitrogen and oxygen atoms in total. The van der Waals surface area contributed by atoms with Crippen molar-refractivity contribution in [3.63, 3.8) is 0 Å². The monoisotopic (exact) mass is 330 g/mol. The van der Waals surface area contributed by atoms with Crippen molar-refractivity contribution in [2.24, 2.45) is 0 Å². The zero-order valence-corrected chi connectivity index (χ0v) is 13.6. The average molecular weight is 330 g/mol. The molecule has 0 aliphatic heterocycles. The molecule has 2 rings (SSSR count). The van der Waals surface area contributed by atoms with Crippen LogP contribution < -0.4 is 0 Å². The lowest BCUT2D eigenvalue weighted by Crippen LogP contribution is -2.18. The third-order valence-corrected chi connectivity index (χ3v) is 6.86. The van der Waals surface area contributed by atoms with E-state index in [-0.39, 0.29) is 22.7 Å². The van der Waals surface area contributed by atoms with Gasteiger partial charge in [0.15, 0.2) is 0 Å². The van der Waals surface area contributed by atoms with Gasteiger partial charge in [0.1, 0.15) is 0 Å². The maximum Gasteiger partial charge on any atom is 0.307 e. The summed E-state index contributed by atoms with van der Waals surface area (Å²) in [5.74, 6) is 0. The molecule has 0 aromatic rings. The van der Waals surface area contributed by atoms with Gasteiger partial charge in [0.05, 0.1) is 9.81 Å². The summed E-state index contributed by atoms with van der Waals surface area (Å²) >= 11 is 0. The van der Waals surface area contributed by atoms with Gasteiger partial charge in [-0.25, -0.2) is 0 Å². The summed E-state index contributed by atoms with van der Waals surface area (Å²) in [7, 11) is -8.52. The Kier molecular flexibility index (Phi) is 4.55. The minimum absolute atomic E-state index is 0.000179. The van der Waals surface area contributed by atoms with E-state index in [1.165, 1.54) is 12.2 Å². The van der Waals surface area contributed by atoms with E-state index in [9.17, 15) is 16.8 Å². The fourth-order valence-corrected chi connectivity index (χ4v) is 4.88. The van der Waals surface area contributed by atoms with Crippen LogP contribution in [0.1, 0.15) is 39.5 Å². The minimum Gasteiger partial charge on any atom is -0.193 e. The fraction of sp³-hybridized carbons (Fsp3) is 0.429. The number of allylic oxidation sites excluding steroid dienone is 8. The third-order valence-electron chi connectivity index (χ3n) is 3.46. The molecule has 0 radical (unpaired) electrons. The van der Waals surface area contributed by atoms with Crippen molar-refractivity contribution >= 4 is 20.2 Å². The lowest BCUT2D eigenvalue weighted by atomic mass is 10.1. The Morgan fingerprint density at radius 2 is 1.10 bits per heavy atom. The van der Waals surface area contributed by atoms with Crippen LogP contribution in [0.4, 0.5) is 0 Å². The molecule has 0 aromatic carbocycles. The van der Waals surface area contributed by atoms with E-state index >= 15 is 0 Å². The van der Waals surface area contributed by atoms with Gasteiger partial charge in [-0.15, -0.1) is 3.63 Å². The lowest BCUT2D eigenvalue weighted by molar-refractivity contribution is 0.469. The fourth-order valence-electron chi connectivity index (χ4n) is 2.07. The third kappa shape index (κ3) is 3.93. The van der Waals surface area contributed by atoms with Gasteiger partial charge in [-0.1, -0.05) is 23.3 Å². The normalized spacial score (nSPS) is 20.3. The van der Waals surface area contributed by atoms with Gasteiger partial charge in [0.2, 0.25) is 0 Å². The second-order valence-electron chi connectivity index (χ2n) is 5.27. The Morgan fingerprint density at radius 3 is 1.38 bits per heavy atom. The van der Waals surface area contributed by atoms with Gasteiger partial charge in [0, 0.05) is 0 Å². The maximum atomic E-state index is 12.1. The highest BCUT2D eigenvalue weighted by Crippen LogP contribution is 2.29. The second-order valence-corrected chi connectivity index (χ2v) is 8.68. The van der Waals surface area contributed by atoms with Gasteiger partial charge in [-0.3, -0.25) is 0 Å². The van der Waals surface area contributed by atoms with Gasteiger partial charge in [-0.05, 0) is 51.7 Å². The van der Waals surface area contributed by atoms with Gasteiger partial charge >= 0.3 is 20.2 Å². The summed E-state index contributed by atoms with van der Waals surface area (Å²) in [6, 6.07) is 0.